The minimum atomic E-state index is -0.313. The third-order valence-corrected chi connectivity index (χ3v) is 4.11. The molecule has 1 saturated carbocycles. The summed E-state index contributed by atoms with van der Waals surface area (Å²) in [5.74, 6) is 2.04. The molecule has 2 atom stereocenters. The fraction of sp³-hybridized carbons (Fsp3) is 0.625. The van der Waals surface area contributed by atoms with Gasteiger partial charge in [-0.1, -0.05) is 26.2 Å². The Balaban J connectivity index is 1.85. The van der Waals surface area contributed by atoms with Crippen molar-refractivity contribution in [3.05, 3.63) is 23.9 Å². The van der Waals surface area contributed by atoms with E-state index in [-0.39, 0.29) is 5.97 Å². The van der Waals surface area contributed by atoms with Crippen molar-refractivity contribution in [2.24, 2.45) is 11.8 Å². The van der Waals surface area contributed by atoms with E-state index in [1.807, 2.05) is 6.07 Å². The van der Waals surface area contributed by atoms with Crippen molar-refractivity contribution >= 4 is 11.8 Å². The van der Waals surface area contributed by atoms with Gasteiger partial charge in [-0.2, -0.15) is 0 Å². The zero-order valence-corrected chi connectivity index (χ0v) is 12.4. The summed E-state index contributed by atoms with van der Waals surface area (Å²) in [6, 6.07) is 3.61. The van der Waals surface area contributed by atoms with Crippen LogP contribution >= 0.6 is 0 Å². The molecule has 4 heteroatoms. The molecule has 1 heterocycles. The van der Waals surface area contributed by atoms with Gasteiger partial charge in [0.25, 0.3) is 0 Å². The van der Waals surface area contributed by atoms with Gasteiger partial charge in [0.15, 0.2) is 0 Å². The molecular weight excluding hydrogens is 252 g/mol. The lowest BCUT2D eigenvalue weighted by molar-refractivity contribution is 0.0526. The number of esters is 1. The normalized spacial score (nSPS) is 22.3. The van der Waals surface area contributed by atoms with Crippen LogP contribution in [0.3, 0.4) is 0 Å². The summed E-state index contributed by atoms with van der Waals surface area (Å²) in [5, 5.41) is 3.38. The molecule has 0 amide bonds. The number of nitrogens with zero attached hydrogens (tertiary/aromatic N) is 1. The van der Waals surface area contributed by atoms with Gasteiger partial charge in [0.05, 0.1) is 12.2 Å². The topological polar surface area (TPSA) is 51.2 Å². The van der Waals surface area contributed by atoms with Gasteiger partial charge in [-0.15, -0.1) is 0 Å². The fourth-order valence-corrected chi connectivity index (χ4v) is 2.77. The van der Waals surface area contributed by atoms with E-state index in [1.165, 1.54) is 25.7 Å². The predicted octanol–water partition coefficient (Wildman–Crippen LogP) is 3.50. The third-order valence-electron chi connectivity index (χ3n) is 4.11. The molecule has 20 heavy (non-hydrogen) atoms. The highest BCUT2D eigenvalue weighted by molar-refractivity contribution is 5.89. The number of ether oxygens (including phenoxy) is 1. The second kappa shape index (κ2) is 7.27. The van der Waals surface area contributed by atoms with Gasteiger partial charge < -0.3 is 10.1 Å². The fourth-order valence-electron chi connectivity index (χ4n) is 2.77. The molecule has 0 aromatic carbocycles. The van der Waals surface area contributed by atoms with E-state index in [1.54, 1.807) is 19.2 Å². The van der Waals surface area contributed by atoms with Gasteiger partial charge in [0.2, 0.25) is 0 Å². The number of carbonyl (C=O) groups excluding carboxylic acids is 1. The van der Waals surface area contributed by atoms with Crippen molar-refractivity contribution < 1.29 is 9.53 Å². The number of carbonyl (C=O) groups is 1. The molecule has 1 N–H and O–H groups in total. The molecule has 0 aliphatic heterocycles. The Hall–Kier alpha value is -1.58. The molecule has 1 aliphatic carbocycles. The van der Waals surface area contributed by atoms with Crippen LogP contribution in [0, 0.1) is 11.8 Å². The number of pyridine rings is 1. The number of anilines is 1. The number of hydrogen-bond donors (Lipinski definition) is 1. The zero-order chi connectivity index (χ0) is 14.4. The summed E-state index contributed by atoms with van der Waals surface area (Å²) >= 11 is 0. The Morgan fingerprint density at radius 1 is 1.40 bits per heavy atom. The maximum absolute atomic E-state index is 11.5. The van der Waals surface area contributed by atoms with Crippen LogP contribution in [0.5, 0.6) is 0 Å². The molecule has 1 fully saturated rings. The van der Waals surface area contributed by atoms with E-state index >= 15 is 0 Å². The molecule has 2 rings (SSSR count). The Morgan fingerprint density at radius 2 is 2.20 bits per heavy atom. The van der Waals surface area contributed by atoms with Crippen molar-refractivity contribution in [3.8, 4) is 0 Å². The summed E-state index contributed by atoms with van der Waals surface area (Å²) in [7, 11) is 0. The third kappa shape index (κ3) is 3.95. The average Bonchev–Trinajstić information content (AvgIpc) is 2.47. The Bertz CT molecular complexity index is 431. The van der Waals surface area contributed by atoms with Gasteiger partial charge in [-0.3, -0.25) is 0 Å². The van der Waals surface area contributed by atoms with Crippen LogP contribution in [0.1, 0.15) is 49.9 Å². The second-order valence-corrected chi connectivity index (χ2v) is 5.56. The standard InChI is InChI=1S/C16H24N2O2/c1-3-20-16(19)14-8-9-15(18-11-14)17-10-13-7-5-4-6-12(13)2/h8-9,11-13H,3-7,10H2,1-2H3,(H,17,18). The highest BCUT2D eigenvalue weighted by Crippen LogP contribution is 2.29. The van der Waals surface area contributed by atoms with Gasteiger partial charge in [-0.25, -0.2) is 9.78 Å². The molecule has 1 aliphatic rings. The summed E-state index contributed by atoms with van der Waals surface area (Å²) in [4.78, 5) is 15.8. The second-order valence-electron chi connectivity index (χ2n) is 5.56. The number of hydrogen-bond acceptors (Lipinski definition) is 4. The zero-order valence-electron chi connectivity index (χ0n) is 12.4. The monoisotopic (exact) mass is 276 g/mol. The predicted molar refractivity (Wildman–Crippen MR) is 79.8 cm³/mol. The first kappa shape index (κ1) is 14.8. The van der Waals surface area contributed by atoms with Gasteiger partial charge >= 0.3 is 5.97 Å². The summed E-state index contributed by atoms with van der Waals surface area (Å²) in [6.07, 6.45) is 6.91. The van der Waals surface area contributed by atoms with Gasteiger partial charge in [-0.05, 0) is 37.3 Å². The first-order valence-corrected chi connectivity index (χ1v) is 7.57. The van der Waals surface area contributed by atoms with E-state index in [2.05, 4.69) is 17.2 Å². The van der Waals surface area contributed by atoms with E-state index in [4.69, 9.17) is 4.74 Å². The first-order chi connectivity index (χ1) is 9.70. The van der Waals surface area contributed by atoms with Crippen LogP contribution in [-0.2, 0) is 4.74 Å². The minimum absolute atomic E-state index is 0.313. The maximum Gasteiger partial charge on any atom is 0.339 e. The van der Waals surface area contributed by atoms with Crippen LogP contribution in [0.2, 0.25) is 0 Å². The van der Waals surface area contributed by atoms with Crippen LogP contribution in [0.15, 0.2) is 18.3 Å². The van der Waals surface area contributed by atoms with Crippen LogP contribution < -0.4 is 5.32 Å². The highest BCUT2D eigenvalue weighted by atomic mass is 16.5. The van der Waals surface area contributed by atoms with Crippen LogP contribution in [0.4, 0.5) is 5.82 Å². The van der Waals surface area contributed by atoms with Crippen LogP contribution in [-0.4, -0.2) is 24.1 Å². The smallest absolute Gasteiger partial charge is 0.339 e. The lowest BCUT2D eigenvalue weighted by atomic mass is 9.80. The number of nitrogens with one attached hydrogen (secondary N) is 1. The molecule has 0 radical (unpaired) electrons. The molecule has 1 aromatic heterocycles. The van der Waals surface area contributed by atoms with Crippen LogP contribution in [0.25, 0.3) is 0 Å². The Kier molecular flexibility index (Phi) is 5.39. The first-order valence-electron chi connectivity index (χ1n) is 7.57. The van der Waals surface area contributed by atoms with Gasteiger partial charge in [0.1, 0.15) is 5.82 Å². The van der Waals surface area contributed by atoms with Crippen molar-refractivity contribution in [2.45, 2.75) is 39.5 Å². The number of aromatic nitrogens is 1. The average molecular weight is 276 g/mol. The van der Waals surface area contributed by atoms with Crippen molar-refractivity contribution in [1.82, 2.24) is 4.98 Å². The lowest BCUT2D eigenvalue weighted by Gasteiger charge is -2.28. The molecule has 0 spiro atoms. The molecule has 2 unspecified atom stereocenters. The Morgan fingerprint density at radius 3 is 2.85 bits per heavy atom. The maximum atomic E-state index is 11.5. The van der Waals surface area contributed by atoms with Crippen molar-refractivity contribution in [1.29, 1.82) is 0 Å². The summed E-state index contributed by atoms with van der Waals surface area (Å²) < 4.78 is 4.94. The van der Waals surface area contributed by atoms with Gasteiger partial charge in [0, 0.05) is 12.7 Å². The van der Waals surface area contributed by atoms with E-state index in [0.29, 0.717) is 12.2 Å². The quantitative estimate of drug-likeness (QED) is 0.836. The highest BCUT2D eigenvalue weighted by Gasteiger charge is 2.20. The lowest BCUT2D eigenvalue weighted by Crippen LogP contribution is -2.24. The molecule has 110 valence electrons. The van der Waals surface area contributed by atoms with E-state index in [9.17, 15) is 4.79 Å². The molecular formula is C16H24N2O2. The SMILES string of the molecule is CCOC(=O)c1ccc(NCC2CCCCC2C)nc1. The molecule has 1 aromatic rings. The van der Waals surface area contributed by atoms with Crippen molar-refractivity contribution in [2.75, 3.05) is 18.5 Å². The van der Waals surface area contributed by atoms with Crippen molar-refractivity contribution in [3.63, 3.8) is 0 Å². The number of rotatable bonds is 5. The van der Waals surface area contributed by atoms with E-state index < -0.39 is 0 Å². The van der Waals surface area contributed by atoms with E-state index in [0.717, 1.165) is 24.2 Å². The Labute approximate surface area is 120 Å². The molecule has 0 bridgehead atoms. The summed E-state index contributed by atoms with van der Waals surface area (Å²) in [6.45, 7) is 5.49. The molecule has 0 saturated heterocycles. The minimum Gasteiger partial charge on any atom is -0.462 e. The summed E-state index contributed by atoms with van der Waals surface area (Å²) in [5.41, 5.74) is 0.503. The largest absolute Gasteiger partial charge is 0.462 e. The molecule has 4 nitrogen and oxygen atoms in total.